The van der Waals surface area contributed by atoms with E-state index in [9.17, 15) is 13.2 Å². The van der Waals surface area contributed by atoms with Crippen LogP contribution in [0.2, 0.25) is 0 Å². The van der Waals surface area contributed by atoms with Gasteiger partial charge in [-0.3, -0.25) is 0 Å². The molecule has 1 spiro atoms. The van der Waals surface area contributed by atoms with Crippen LogP contribution in [0, 0.1) is 5.92 Å². The van der Waals surface area contributed by atoms with Crippen molar-refractivity contribution in [2.24, 2.45) is 5.92 Å². The molecule has 2 fully saturated rings. The van der Waals surface area contributed by atoms with E-state index in [1.54, 1.807) is 4.90 Å². The van der Waals surface area contributed by atoms with Crippen LogP contribution < -0.4 is 4.72 Å². The molecule has 0 aromatic heterocycles. The number of ether oxygens (including phenoxy) is 3. The Morgan fingerprint density at radius 2 is 2.00 bits per heavy atom. The minimum absolute atomic E-state index is 0.140. The third-order valence-corrected chi connectivity index (χ3v) is 5.32. The van der Waals surface area contributed by atoms with Gasteiger partial charge in [0.05, 0.1) is 19.5 Å². The zero-order valence-corrected chi connectivity index (χ0v) is 15.5. The van der Waals surface area contributed by atoms with E-state index in [4.69, 9.17) is 14.2 Å². The summed E-state index contributed by atoms with van der Waals surface area (Å²) in [7, 11) is -3.35. The summed E-state index contributed by atoms with van der Waals surface area (Å²) in [4.78, 5) is 14.0. The number of benzene rings is 1. The highest BCUT2D eigenvalue weighted by atomic mass is 32.2. The zero-order chi connectivity index (χ0) is 18.6. The van der Waals surface area contributed by atoms with Gasteiger partial charge in [-0.05, 0) is 5.56 Å². The van der Waals surface area contributed by atoms with Crippen LogP contribution in [0.3, 0.4) is 0 Å². The number of nitrogens with one attached hydrogen (secondary N) is 1. The predicted molar refractivity (Wildman–Crippen MR) is 93.8 cm³/mol. The summed E-state index contributed by atoms with van der Waals surface area (Å²) >= 11 is 0. The highest BCUT2D eigenvalue weighted by Crippen LogP contribution is 2.36. The average molecular weight is 384 g/mol. The van der Waals surface area contributed by atoms with Gasteiger partial charge in [-0.2, -0.15) is 0 Å². The summed E-state index contributed by atoms with van der Waals surface area (Å²) in [6.07, 6.45) is 1.15. The molecule has 1 aromatic carbocycles. The summed E-state index contributed by atoms with van der Waals surface area (Å²) in [6.45, 7) is 2.00. The maximum atomic E-state index is 12.4. The molecule has 9 heteroatoms. The first-order chi connectivity index (χ1) is 12.4. The molecule has 1 amide bonds. The standard InChI is InChI=1S/C17H24N2O6S/c1-26(21,22)18-11-15-12-19(8-7-17(15)24-9-10-25-17)16(20)23-13-14-5-3-2-4-6-14/h2-6,15,18H,7-13H2,1H3. The van der Waals surface area contributed by atoms with E-state index in [1.165, 1.54) is 0 Å². The first-order valence-corrected chi connectivity index (χ1v) is 10.5. The minimum Gasteiger partial charge on any atom is -0.445 e. The lowest BCUT2D eigenvalue weighted by molar-refractivity contribution is -0.216. The SMILES string of the molecule is CS(=O)(=O)NCC1CN(C(=O)OCc2ccccc2)CCC12OCCO2. The zero-order valence-electron chi connectivity index (χ0n) is 14.7. The van der Waals surface area contributed by atoms with Crippen LogP contribution in [0.1, 0.15) is 12.0 Å². The molecule has 2 aliphatic heterocycles. The van der Waals surface area contributed by atoms with Crippen LogP contribution in [0.5, 0.6) is 0 Å². The summed E-state index contributed by atoms with van der Waals surface area (Å²) < 4.78 is 42.3. The summed E-state index contributed by atoms with van der Waals surface area (Å²) in [5, 5.41) is 0. The van der Waals surface area contributed by atoms with Crippen LogP contribution in [0.15, 0.2) is 30.3 Å². The molecule has 0 radical (unpaired) electrons. The number of nitrogens with zero attached hydrogens (tertiary/aromatic N) is 1. The van der Waals surface area contributed by atoms with Crippen LogP contribution in [0.25, 0.3) is 0 Å². The van der Waals surface area contributed by atoms with Crippen molar-refractivity contribution < 1.29 is 27.4 Å². The summed E-state index contributed by atoms with van der Waals surface area (Å²) in [5.41, 5.74) is 0.909. The number of piperidine rings is 1. The number of carbonyl (C=O) groups excluding carboxylic acids is 1. The van der Waals surface area contributed by atoms with Crippen molar-refractivity contribution in [2.45, 2.75) is 18.8 Å². The fourth-order valence-corrected chi connectivity index (χ4v) is 3.79. The normalized spacial score (nSPS) is 22.5. The number of hydrogen-bond donors (Lipinski definition) is 1. The Morgan fingerprint density at radius 1 is 1.31 bits per heavy atom. The molecule has 1 N–H and O–H groups in total. The van der Waals surface area contributed by atoms with E-state index in [0.717, 1.165) is 11.8 Å². The van der Waals surface area contributed by atoms with E-state index in [-0.39, 0.29) is 19.1 Å². The fraction of sp³-hybridized carbons (Fsp3) is 0.588. The Labute approximate surface area is 153 Å². The van der Waals surface area contributed by atoms with Crippen molar-refractivity contribution in [3.63, 3.8) is 0 Å². The lowest BCUT2D eigenvalue weighted by atomic mass is 9.91. The maximum Gasteiger partial charge on any atom is 0.410 e. The van der Waals surface area contributed by atoms with E-state index < -0.39 is 21.9 Å². The Morgan fingerprint density at radius 3 is 2.65 bits per heavy atom. The van der Waals surface area contributed by atoms with E-state index in [1.807, 2.05) is 30.3 Å². The molecule has 1 atom stereocenters. The van der Waals surface area contributed by atoms with Crippen molar-refractivity contribution in [1.29, 1.82) is 0 Å². The Bertz CT molecular complexity index is 718. The molecule has 8 nitrogen and oxygen atoms in total. The van der Waals surface area contributed by atoms with Crippen LogP contribution in [-0.2, 0) is 30.8 Å². The van der Waals surface area contributed by atoms with Gasteiger partial charge in [-0.1, -0.05) is 30.3 Å². The maximum absolute atomic E-state index is 12.4. The fourth-order valence-electron chi connectivity index (χ4n) is 3.29. The van der Waals surface area contributed by atoms with E-state index in [0.29, 0.717) is 32.7 Å². The molecular formula is C17H24N2O6S. The van der Waals surface area contributed by atoms with E-state index in [2.05, 4.69) is 4.72 Å². The second-order valence-corrected chi connectivity index (χ2v) is 8.40. The second kappa shape index (κ2) is 7.91. The van der Waals surface area contributed by atoms with Gasteiger partial charge in [0.2, 0.25) is 10.0 Å². The van der Waals surface area contributed by atoms with Gasteiger partial charge in [0.1, 0.15) is 6.61 Å². The van der Waals surface area contributed by atoms with Crippen LogP contribution in [-0.4, -0.2) is 64.3 Å². The molecule has 1 unspecified atom stereocenters. The first kappa shape index (κ1) is 19.1. The lowest BCUT2D eigenvalue weighted by Crippen LogP contribution is -2.57. The molecule has 1 aromatic rings. The molecular weight excluding hydrogens is 360 g/mol. The van der Waals surface area contributed by atoms with Gasteiger partial charge in [0, 0.05) is 32.0 Å². The Kier molecular flexibility index (Phi) is 5.81. The minimum atomic E-state index is -3.35. The van der Waals surface area contributed by atoms with Crippen molar-refractivity contribution >= 4 is 16.1 Å². The van der Waals surface area contributed by atoms with Gasteiger partial charge >= 0.3 is 6.09 Å². The molecule has 26 heavy (non-hydrogen) atoms. The quantitative estimate of drug-likeness (QED) is 0.812. The smallest absolute Gasteiger partial charge is 0.410 e. The van der Waals surface area contributed by atoms with Crippen molar-refractivity contribution in [3.05, 3.63) is 35.9 Å². The van der Waals surface area contributed by atoms with Crippen LogP contribution in [0.4, 0.5) is 4.79 Å². The molecule has 0 bridgehead atoms. The predicted octanol–water partition coefficient (Wildman–Crippen LogP) is 0.937. The lowest BCUT2D eigenvalue weighted by Gasteiger charge is -2.43. The third-order valence-electron chi connectivity index (χ3n) is 4.62. The summed E-state index contributed by atoms with van der Waals surface area (Å²) in [6, 6.07) is 9.44. The van der Waals surface area contributed by atoms with Gasteiger partial charge in [-0.25, -0.2) is 17.9 Å². The molecule has 2 heterocycles. The van der Waals surface area contributed by atoms with Crippen LogP contribution >= 0.6 is 0 Å². The molecule has 0 saturated carbocycles. The molecule has 0 aliphatic carbocycles. The largest absolute Gasteiger partial charge is 0.445 e. The first-order valence-electron chi connectivity index (χ1n) is 8.56. The van der Waals surface area contributed by atoms with Crippen molar-refractivity contribution in [1.82, 2.24) is 9.62 Å². The highest BCUT2D eigenvalue weighted by Gasteiger charge is 2.49. The number of sulfonamides is 1. The number of carbonyl (C=O) groups is 1. The third kappa shape index (κ3) is 4.73. The molecule has 3 rings (SSSR count). The number of amides is 1. The van der Waals surface area contributed by atoms with Crippen molar-refractivity contribution in [3.8, 4) is 0 Å². The molecule has 144 valence electrons. The number of rotatable bonds is 5. The average Bonchev–Trinajstić information content (AvgIpc) is 3.08. The van der Waals surface area contributed by atoms with Gasteiger partial charge in [0.15, 0.2) is 5.79 Å². The number of likely N-dealkylation sites (tertiary alicyclic amines) is 1. The Hall–Kier alpha value is -1.68. The number of hydrogen-bond acceptors (Lipinski definition) is 6. The molecule has 2 aliphatic rings. The van der Waals surface area contributed by atoms with Crippen molar-refractivity contribution in [2.75, 3.05) is 39.1 Å². The monoisotopic (exact) mass is 384 g/mol. The van der Waals surface area contributed by atoms with Gasteiger partial charge in [-0.15, -0.1) is 0 Å². The summed E-state index contributed by atoms with van der Waals surface area (Å²) in [5.74, 6) is -1.15. The molecule has 2 saturated heterocycles. The van der Waals surface area contributed by atoms with E-state index >= 15 is 0 Å². The Balaban J connectivity index is 1.61. The van der Waals surface area contributed by atoms with Gasteiger partial charge in [0.25, 0.3) is 0 Å². The second-order valence-electron chi connectivity index (χ2n) is 6.56. The highest BCUT2D eigenvalue weighted by molar-refractivity contribution is 7.88. The topological polar surface area (TPSA) is 94.2 Å². The van der Waals surface area contributed by atoms with Gasteiger partial charge < -0.3 is 19.1 Å².